The summed E-state index contributed by atoms with van der Waals surface area (Å²) in [5, 5.41) is 3.75. The van der Waals surface area contributed by atoms with Crippen molar-refractivity contribution in [2.45, 2.75) is 84.8 Å². The molecule has 2 heteroatoms. The fraction of sp³-hybridized carbons (Fsp3) is 1.00. The van der Waals surface area contributed by atoms with Crippen molar-refractivity contribution in [2.75, 3.05) is 13.1 Å². The largest absolute Gasteiger partial charge is 0.311 e. The third kappa shape index (κ3) is 3.72. The van der Waals surface area contributed by atoms with Gasteiger partial charge in [0.2, 0.25) is 0 Å². The molecular weight excluding hydrogens is 232 g/mol. The highest BCUT2D eigenvalue weighted by atomic mass is 15.3. The minimum Gasteiger partial charge on any atom is -0.311 e. The molecule has 1 aliphatic carbocycles. The van der Waals surface area contributed by atoms with Crippen molar-refractivity contribution < 1.29 is 0 Å². The van der Waals surface area contributed by atoms with Crippen LogP contribution in [0.5, 0.6) is 0 Å². The summed E-state index contributed by atoms with van der Waals surface area (Å²) in [5.74, 6) is 0.760. The first-order valence-electron chi connectivity index (χ1n) is 8.42. The lowest BCUT2D eigenvalue weighted by molar-refractivity contribution is 0.0135. The predicted molar refractivity (Wildman–Crippen MR) is 83.5 cm³/mol. The Hall–Kier alpha value is -0.0800. The molecule has 3 atom stereocenters. The van der Waals surface area contributed by atoms with Crippen molar-refractivity contribution in [2.24, 2.45) is 11.3 Å². The molecule has 0 spiro atoms. The molecular formula is C17H34N2. The molecule has 0 aromatic rings. The third-order valence-electron chi connectivity index (χ3n) is 5.38. The normalized spacial score (nSPS) is 36.6. The van der Waals surface area contributed by atoms with E-state index in [0.29, 0.717) is 11.5 Å². The summed E-state index contributed by atoms with van der Waals surface area (Å²) in [6, 6.07) is 2.27. The molecule has 0 amide bonds. The third-order valence-corrected chi connectivity index (χ3v) is 5.38. The highest BCUT2D eigenvalue weighted by Crippen LogP contribution is 2.38. The standard InChI is InChI=1S/C17H34N2/c1-6-14-12-19(16(11-18-14)13(2)3)15-8-7-9-17(4,5)10-15/h13-16,18H,6-12H2,1-5H3. The van der Waals surface area contributed by atoms with Gasteiger partial charge in [0.1, 0.15) is 0 Å². The van der Waals surface area contributed by atoms with E-state index in [1.165, 1.54) is 45.2 Å². The Kier molecular flexibility index (Phi) is 4.94. The van der Waals surface area contributed by atoms with Gasteiger partial charge < -0.3 is 5.32 Å². The molecule has 3 unspecified atom stereocenters. The monoisotopic (exact) mass is 266 g/mol. The minimum atomic E-state index is 0.553. The number of nitrogens with one attached hydrogen (secondary N) is 1. The fourth-order valence-electron chi connectivity index (χ4n) is 4.11. The summed E-state index contributed by atoms with van der Waals surface area (Å²) in [5.41, 5.74) is 0.553. The van der Waals surface area contributed by atoms with Crippen molar-refractivity contribution in [3.05, 3.63) is 0 Å². The molecule has 112 valence electrons. The van der Waals surface area contributed by atoms with Crippen LogP contribution in [0.25, 0.3) is 0 Å². The maximum absolute atomic E-state index is 3.75. The van der Waals surface area contributed by atoms with E-state index in [4.69, 9.17) is 0 Å². The Labute approximate surface area is 120 Å². The Morgan fingerprint density at radius 3 is 2.63 bits per heavy atom. The molecule has 2 aliphatic rings. The second-order valence-corrected chi connectivity index (χ2v) is 7.94. The van der Waals surface area contributed by atoms with E-state index in [1.807, 2.05) is 0 Å². The highest BCUT2D eigenvalue weighted by Gasteiger charge is 2.38. The number of hydrogen-bond acceptors (Lipinski definition) is 2. The van der Waals surface area contributed by atoms with Crippen LogP contribution >= 0.6 is 0 Å². The molecule has 2 nitrogen and oxygen atoms in total. The van der Waals surface area contributed by atoms with Gasteiger partial charge in [0.15, 0.2) is 0 Å². The molecule has 0 bridgehead atoms. The molecule has 2 fully saturated rings. The molecule has 0 aromatic heterocycles. The SMILES string of the molecule is CCC1CN(C2CCCC(C)(C)C2)C(C(C)C)CN1. The van der Waals surface area contributed by atoms with Crippen LogP contribution in [0.1, 0.15) is 66.7 Å². The van der Waals surface area contributed by atoms with Crippen LogP contribution in [-0.4, -0.2) is 36.1 Å². The van der Waals surface area contributed by atoms with E-state index in [-0.39, 0.29) is 0 Å². The van der Waals surface area contributed by atoms with Gasteiger partial charge in [0.25, 0.3) is 0 Å². The van der Waals surface area contributed by atoms with E-state index in [9.17, 15) is 0 Å². The quantitative estimate of drug-likeness (QED) is 0.838. The number of nitrogens with zero attached hydrogens (tertiary/aromatic N) is 1. The predicted octanol–water partition coefficient (Wildman–Crippen LogP) is 3.66. The van der Waals surface area contributed by atoms with Gasteiger partial charge in [-0.05, 0) is 37.0 Å². The molecule has 1 saturated carbocycles. The Bertz CT molecular complexity index is 285. The van der Waals surface area contributed by atoms with Gasteiger partial charge in [0.05, 0.1) is 0 Å². The van der Waals surface area contributed by atoms with Crippen molar-refractivity contribution in [3.8, 4) is 0 Å². The van der Waals surface area contributed by atoms with Crippen molar-refractivity contribution in [3.63, 3.8) is 0 Å². The van der Waals surface area contributed by atoms with Gasteiger partial charge >= 0.3 is 0 Å². The zero-order valence-electron chi connectivity index (χ0n) is 13.7. The first-order valence-corrected chi connectivity index (χ1v) is 8.42. The summed E-state index contributed by atoms with van der Waals surface area (Å²) in [4.78, 5) is 2.87. The summed E-state index contributed by atoms with van der Waals surface area (Å²) < 4.78 is 0. The second-order valence-electron chi connectivity index (χ2n) is 7.94. The highest BCUT2D eigenvalue weighted by molar-refractivity contribution is 4.94. The van der Waals surface area contributed by atoms with Crippen LogP contribution in [0.4, 0.5) is 0 Å². The van der Waals surface area contributed by atoms with E-state index in [0.717, 1.165) is 18.0 Å². The van der Waals surface area contributed by atoms with Crippen molar-refractivity contribution in [1.29, 1.82) is 0 Å². The lowest BCUT2D eigenvalue weighted by atomic mass is 9.74. The van der Waals surface area contributed by atoms with Crippen LogP contribution in [0.2, 0.25) is 0 Å². The zero-order chi connectivity index (χ0) is 14.0. The lowest BCUT2D eigenvalue weighted by Crippen LogP contribution is -2.61. The van der Waals surface area contributed by atoms with Crippen molar-refractivity contribution >= 4 is 0 Å². The summed E-state index contributed by atoms with van der Waals surface area (Å²) in [6.45, 7) is 14.5. The fourth-order valence-corrected chi connectivity index (χ4v) is 4.11. The summed E-state index contributed by atoms with van der Waals surface area (Å²) in [6.07, 6.45) is 6.91. The Morgan fingerprint density at radius 2 is 2.05 bits per heavy atom. The van der Waals surface area contributed by atoms with Gasteiger partial charge in [-0.3, -0.25) is 4.90 Å². The molecule has 1 aliphatic heterocycles. The van der Waals surface area contributed by atoms with Crippen LogP contribution in [-0.2, 0) is 0 Å². The number of piperazine rings is 1. The van der Waals surface area contributed by atoms with Crippen LogP contribution in [0, 0.1) is 11.3 Å². The molecule has 0 aromatic carbocycles. The van der Waals surface area contributed by atoms with Crippen molar-refractivity contribution in [1.82, 2.24) is 10.2 Å². The van der Waals surface area contributed by atoms with Gasteiger partial charge in [-0.2, -0.15) is 0 Å². The van der Waals surface area contributed by atoms with E-state index >= 15 is 0 Å². The first-order chi connectivity index (χ1) is 8.93. The van der Waals surface area contributed by atoms with Gasteiger partial charge in [-0.25, -0.2) is 0 Å². The number of rotatable bonds is 3. The average Bonchev–Trinajstić information content (AvgIpc) is 2.36. The summed E-state index contributed by atoms with van der Waals surface area (Å²) in [7, 11) is 0. The van der Waals surface area contributed by atoms with E-state index in [2.05, 4.69) is 44.8 Å². The Balaban J connectivity index is 2.08. The van der Waals surface area contributed by atoms with Crippen LogP contribution in [0.15, 0.2) is 0 Å². The molecule has 1 heterocycles. The second kappa shape index (κ2) is 6.13. The maximum Gasteiger partial charge on any atom is 0.0247 e. The smallest absolute Gasteiger partial charge is 0.0247 e. The minimum absolute atomic E-state index is 0.553. The molecule has 1 saturated heterocycles. The maximum atomic E-state index is 3.75. The molecule has 0 radical (unpaired) electrons. The van der Waals surface area contributed by atoms with Gasteiger partial charge in [-0.1, -0.05) is 41.0 Å². The molecule has 19 heavy (non-hydrogen) atoms. The molecule has 2 rings (SSSR count). The van der Waals surface area contributed by atoms with Gasteiger partial charge in [-0.15, -0.1) is 0 Å². The zero-order valence-corrected chi connectivity index (χ0v) is 13.7. The van der Waals surface area contributed by atoms with E-state index < -0.39 is 0 Å². The number of hydrogen-bond donors (Lipinski definition) is 1. The lowest BCUT2D eigenvalue weighted by Gasteiger charge is -2.50. The first kappa shape index (κ1) is 15.3. The topological polar surface area (TPSA) is 15.3 Å². The van der Waals surface area contributed by atoms with E-state index in [1.54, 1.807) is 0 Å². The summed E-state index contributed by atoms with van der Waals surface area (Å²) >= 11 is 0. The molecule has 1 N–H and O–H groups in total. The van der Waals surface area contributed by atoms with Gasteiger partial charge in [0, 0.05) is 31.2 Å². The Morgan fingerprint density at radius 1 is 1.32 bits per heavy atom. The van der Waals surface area contributed by atoms with Crippen LogP contribution < -0.4 is 5.32 Å². The van der Waals surface area contributed by atoms with Crippen LogP contribution in [0.3, 0.4) is 0 Å². The average molecular weight is 266 g/mol.